The fourth-order valence-corrected chi connectivity index (χ4v) is 7.29. The highest BCUT2D eigenvalue weighted by Gasteiger charge is 2.34. The van der Waals surface area contributed by atoms with Gasteiger partial charge >= 0.3 is 17.9 Å². The zero-order valence-corrected chi connectivity index (χ0v) is 29.1. The van der Waals surface area contributed by atoms with E-state index in [2.05, 4.69) is 25.7 Å². The first-order valence-corrected chi connectivity index (χ1v) is 16.2. The van der Waals surface area contributed by atoms with Crippen molar-refractivity contribution < 1.29 is 43.2 Å². The highest BCUT2D eigenvalue weighted by molar-refractivity contribution is 14.1. The Kier molecular flexibility index (Phi) is 11.4. The van der Waals surface area contributed by atoms with E-state index in [0.717, 1.165) is 11.3 Å². The lowest BCUT2D eigenvalue weighted by molar-refractivity contribution is -0.143. The number of carboxylic acid groups (broad SMARTS) is 1. The summed E-state index contributed by atoms with van der Waals surface area (Å²) in [6.45, 7) is 4.74. The molecule has 0 bridgehead atoms. The Balaban J connectivity index is 1.87. The zero-order chi connectivity index (χ0) is 32.8. The van der Waals surface area contributed by atoms with Gasteiger partial charge < -0.3 is 28.8 Å². The van der Waals surface area contributed by atoms with Crippen molar-refractivity contribution in [1.82, 2.24) is 4.57 Å². The molecule has 3 aromatic rings. The Morgan fingerprint density at radius 3 is 2.49 bits per heavy atom. The van der Waals surface area contributed by atoms with Crippen molar-refractivity contribution in [2.45, 2.75) is 26.8 Å². The summed E-state index contributed by atoms with van der Waals surface area (Å²) in [6.07, 6.45) is 1.69. The van der Waals surface area contributed by atoms with E-state index < -0.39 is 30.6 Å². The molecule has 0 aliphatic carbocycles. The standard InChI is InChI=1S/C30H28BrIN2O10S/c1-5-41-21-12-17(7-8-20(21)43-14-24(37)40-4)26-25(29(39)42-6-2)15(3)33-30-34(26)28(38)22(45-30)11-16-9-18(31)27(19(32)10-16)44-13-23(35)36/h7-12,26H,5-6,13-14H2,1-4H3,(H,35,36)/b22-11-/t26-/m1/s1. The number of esters is 2. The summed E-state index contributed by atoms with van der Waals surface area (Å²) >= 11 is 6.61. The van der Waals surface area contributed by atoms with E-state index in [4.69, 9.17) is 24.1 Å². The minimum absolute atomic E-state index is 0.122. The van der Waals surface area contributed by atoms with Crippen LogP contribution in [0.25, 0.3) is 6.08 Å². The van der Waals surface area contributed by atoms with Crippen LogP contribution in [0.4, 0.5) is 0 Å². The quantitative estimate of drug-likeness (QED) is 0.212. The molecule has 15 heteroatoms. The lowest BCUT2D eigenvalue weighted by Gasteiger charge is -2.25. The number of rotatable bonds is 12. The highest BCUT2D eigenvalue weighted by Crippen LogP contribution is 2.37. The summed E-state index contributed by atoms with van der Waals surface area (Å²) in [4.78, 5) is 54.9. The first kappa shape index (κ1) is 34.2. The number of halogens is 2. The van der Waals surface area contributed by atoms with Crippen molar-refractivity contribution >= 4 is 73.8 Å². The van der Waals surface area contributed by atoms with Crippen LogP contribution in [0.1, 0.15) is 37.9 Å². The lowest BCUT2D eigenvalue weighted by atomic mass is 9.95. The molecule has 2 heterocycles. The SMILES string of the molecule is CCOC(=O)C1=C(C)N=c2s/c(=C\c3cc(Br)c(OCC(=O)O)c(I)c3)c(=O)n2[C@@H]1c1ccc(OCC(=O)OC)c(OCC)c1. The summed E-state index contributed by atoms with van der Waals surface area (Å²) in [5, 5.41) is 8.97. The molecule has 0 radical (unpaired) electrons. The smallest absolute Gasteiger partial charge is 0.343 e. The van der Waals surface area contributed by atoms with Crippen molar-refractivity contribution in [3.8, 4) is 17.2 Å². The van der Waals surface area contributed by atoms with Crippen molar-refractivity contribution in [2.24, 2.45) is 4.99 Å². The number of ether oxygens (including phenoxy) is 5. The van der Waals surface area contributed by atoms with Crippen LogP contribution in [-0.2, 0) is 23.9 Å². The molecule has 2 aromatic carbocycles. The van der Waals surface area contributed by atoms with Gasteiger partial charge in [0.1, 0.15) is 5.75 Å². The fraction of sp³-hybridized carbons (Fsp3) is 0.300. The second-order valence-electron chi connectivity index (χ2n) is 9.30. The van der Waals surface area contributed by atoms with Crippen molar-refractivity contribution in [3.63, 3.8) is 0 Å². The van der Waals surface area contributed by atoms with E-state index >= 15 is 0 Å². The lowest BCUT2D eigenvalue weighted by Crippen LogP contribution is -2.40. The largest absolute Gasteiger partial charge is 0.490 e. The summed E-state index contributed by atoms with van der Waals surface area (Å²) in [7, 11) is 1.26. The number of allylic oxidation sites excluding steroid dienone is 1. The van der Waals surface area contributed by atoms with E-state index in [-0.39, 0.29) is 36.7 Å². The van der Waals surface area contributed by atoms with E-state index in [0.29, 0.717) is 45.7 Å². The molecule has 238 valence electrons. The van der Waals surface area contributed by atoms with Crippen LogP contribution in [0.3, 0.4) is 0 Å². The molecule has 0 saturated heterocycles. The fourth-order valence-electron chi connectivity index (χ4n) is 4.47. The van der Waals surface area contributed by atoms with Gasteiger partial charge in [-0.3, -0.25) is 9.36 Å². The summed E-state index contributed by atoms with van der Waals surface area (Å²) in [5.74, 6) is -1.32. The average Bonchev–Trinajstić information content (AvgIpc) is 3.28. The molecule has 0 amide bonds. The summed E-state index contributed by atoms with van der Waals surface area (Å²) in [5.41, 5.74) is 1.39. The molecule has 0 spiro atoms. The molecule has 0 unspecified atom stereocenters. The van der Waals surface area contributed by atoms with Crippen molar-refractivity contribution in [1.29, 1.82) is 0 Å². The van der Waals surface area contributed by atoms with Gasteiger partial charge in [0.25, 0.3) is 5.56 Å². The van der Waals surface area contributed by atoms with Crippen LogP contribution >= 0.6 is 49.9 Å². The molecule has 1 atom stereocenters. The monoisotopic (exact) mass is 814 g/mol. The van der Waals surface area contributed by atoms with Crippen LogP contribution in [-0.4, -0.2) is 61.1 Å². The normalized spacial score (nSPS) is 14.4. The van der Waals surface area contributed by atoms with Gasteiger partial charge in [-0.15, -0.1) is 0 Å². The van der Waals surface area contributed by atoms with Crippen LogP contribution in [0.2, 0.25) is 0 Å². The maximum Gasteiger partial charge on any atom is 0.343 e. The Labute approximate surface area is 283 Å². The van der Waals surface area contributed by atoms with E-state index in [1.807, 2.05) is 22.6 Å². The topological polar surface area (TPSA) is 152 Å². The number of methoxy groups -OCH3 is 1. The van der Waals surface area contributed by atoms with Gasteiger partial charge in [0.15, 0.2) is 29.5 Å². The number of hydrogen-bond acceptors (Lipinski definition) is 11. The maximum atomic E-state index is 14.0. The Morgan fingerprint density at radius 2 is 1.84 bits per heavy atom. The minimum atomic E-state index is -1.10. The predicted octanol–water partition coefficient (Wildman–Crippen LogP) is 3.58. The predicted molar refractivity (Wildman–Crippen MR) is 176 cm³/mol. The van der Waals surface area contributed by atoms with Crippen LogP contribution in [0, 0.1) is 3.57 Å². The Morgan fingerprint density at radius 1 is 1.09 bits per heavy atom. The molecular weight excluding hydrogens is 787 g/mol. The Bertz CT molecular complexity index is 1840. The number of carbonyl (C=O) groups excluding carboxylic acids is 2. The summed E-state index contributed by atoms with van der Waals surface area (Å²) < 4.78 is 29.8. The number of fused-ring (bicyclic) bond motifs is 1. The van der Waals surface area contributed by atoms with Crippen LogP contribution in [0.15, 0.2) is 55.9 Å². The van der Waals surface area contributed by atoms with Gasteiger partial charge in [0.2, 0.25) is 0 Å². The molecule has 0 saturated carbocycles. The number of hydrogen-bond donors (Lipinski definition) is 1. The second kappa shape index (κ2) is 15.1. The van der Waals surface area contributed by atoms with Crippen molar-refractivity contribution in [3.05, 3.63) is 80.5 Å². The molecule has 1 aromatic heterocycles. The molecule has 1 N–H and O–H groups in total. The number of carboxylic acids is 1. The number of carbonyl (C=O) groups is 3. The van der Waals surface area contributed by atoms with Crippen LogP contribution < -0.4 is 29.1 Å². The third-order valence-corrected chi connectivity index (χ3v) is 8.71. The number of aliphatic carboxylic acids is 1. The number of thiazole rings is 1. The first-order chi connectivity index (χ1) is 21.5. The van der Waals surface area contributed by atoms with E-state index in [9.17, 15) is 19.2 Å². The van der Waals surface area contributed by atoms with Gasteiger partial charge in [-0.05, 0) is 101 Å². The van der Waals surface area contributed by atoms with Gasteiger partial charge in [0.05, 0.1) is 50.2 Å². The first-order valence-electron chi connectivity index (χ1n) is 13.5. The molecule has 0 fully saturated rings. The summed E-state index contributed by atoms with van der Waals surface area (Å²) in [6, 6.07) is 7.51. The van der Waals surface area contributed by atoms with Gasteiger partial charge in [-0.1, -0.05) is 17.4 Å². The molecule has 1 aliphatic heterocycles. The molecule has 1 aliphatic rings. The van der Waals surface area contributed by atoms with E-state index in [1.165, 1.54) is 11.7 Å². The molecular formula is C30H28BrIN2O10S. The van der Waals surface area contributed by atoms with Gasteiger partial charge in [-0.2, -0.15) is 0 Å². The number of nitrogens with zero attached hydrogens (tertiary/aromatic N) is 2. The number of benzene rings is 2. The van der Waals surface area contributed by atoms with Crippen molar-refractivity contribution in [2.75, 3.05) is 33.5 Å². The van der Waals surface area contributed by atoms with E-state index in [1.54, 1.807) is 57.2 Å². The Hall–Kier alpha value is -3.70. The average molecular weight is 815 g/mol. The number of aromatic nitrogens is 1. The third kappa shape index (κ3) is 7.76. The third-order valence-electron chi connectivity index (χ3n) is 6.33. The molecule has 4 rings (SSSR count). The zero-order valence-electron chi connectivity index (χ0n) is 24.5. The van der Waals surface area contributed by atoms with Gasteiger partial charge in [0, 0.05) is 0 Å². The second-order valence-corrected chi connectivity index (χ2v) is 12.3. The molecule has 45 heavy (non-hydrogen) atoms. The highest BCUT2D eigenvalue weighted by atomic mass is 127. The van der Waals surface area contributed by atoms with Crippen LogP contribution in [0.5, 0.6) is 17.2 Å². The van der Waals surface area contributed by atoms with Gasteiger partial charge in [-0.25, -0.2) is 19.4 Å². The maximum absolute atomic E-state index is 14.0. The molecule has 12 nitrogen and oxygen atoms in total. The minimum Gasteiger partial charge on any atom is -0.490 e.